The van der Waals surface area contributed by atoms with E-state index in [1.807, 2.05) is 12.4 Å². The fourth-order valence-electron chi connectivity index (χ4n) is 2.73. The van der Waals surface area contributed by atoms with E-state index in [0.717, 1.165) is 37.2 Å². The molecule has 1 aliphatic carbocycles. The molecule has 4 nitrogen and oxygen atoms in total. The number of pyridine rings is 1. The van der Waals surface area contributed by atoms with Gasteiger partial charge in [-0.15, -0.1) is 0 Å². The van der Waals surface area contributed by atoms with Crippen molar-refractivity contribution >= 4 is 11.4 Å². The molecule has 0 spiro atoms. The van der Waals surface area contributed by atoms with Gasteiger partial charge in [-0.25, -0.2) is 0 Å². The Morgan fingerprint density at radius 2 is 1.95 bits per heavy atom. The highest BCUT2D eigenvalue weighted by molar-refractivity contribution is 5.55. The summed E-state index contributed by atoms with van der Waals surface area (Å²) >= 11 is 0. The first-order valence-electron chi connectivity index (χ1n) is 7.36. The van der Waals surface area contributed by atoms with Gasteiger partial charge in [-0.1, -0.05) is 26.2 Å². The Labute approximate surface area is 115 Å². The standard InChI is InChI=1S/C15H25N3O/c1-2-8-17-13-9-14(11-16-10-13)18-15(12-19)6-4-3-5-7-15/h9-11,17-19H,2-8,12H2,1H3. The summed E-state index contributed by atoms with van der Waals surface area (Å²) in [5.74, 6) is 0. The van der Waals surface area contributed by atoms with Crippen LogP contribution in [0, 0.1) is 0 Å². The highest BCUT2D eigenvalue weighted by Crippen LogP contribution is 2.31. The molecule has 0 aromatic carbocycles. The molecule has 0 unspecified atom stereocenters. The quantitative estimate of drug-likeness (QED) is 0.738. The van der Waals surface area contributed by atoms with Crippen molar-refractivity contribution in [3.05, 3.63) is 18.5 Å². The Kier molecular flexibility index (Phi) is 5.02. The number of nitrogens with one attached hydrogen (secondary N) is 2. The van der Waals surface area contributed by atoms with Crippen LogP contribution < -0.4 is 10.6 Å². The van der Waals surface area contributed by atoms with Crippen LogP contribution in [0.15, 0.2) is 18.5 Å². The smallest absolute Gasteiger partial charge is 0.0661 e. The minimum atomic E-state index is -0.149. The van der Waals surface area contributed by atoms with E-state index in [-0.39, 0.29) is 12.1 Å². The van der Waals surface area contributed by atoms with E-state index in [2.05, 4.69) is 28.6 Å². The SMILES string of the molecule is CCCNc1cncc(NC2(CO)CCCCC2)c1. The highest BCUT2D eigenvalue weighted by atomic mass is 16.3. The molecule has 0 atom stereocenters. The van der Waals surface area contributed by atoms with Gasteiger partial charge in [0.2, 0.25) is 0 Å². The average Bonchev–Trinajstić information content (AvgIpc) is 2.46. The average molecular weight is 263 g/mol. The van der Waals surface area contributed by atoms with Gasteiger partial charge in [0, 0.05) is 6.54 Å². The van der Waals surface area contributed by atoms with E-state index in [9.17, 15) is 5.11 Å². The lowest BCUT2D eigenvalue weighted by molar-refractivity contribution is 0.173. The molecule has 1 heterocycles. The lowest BCUT2D eigenvalue weighted by Crippen LogP contribution is -2.43. The fourth-order valence-corrected chi connectivity index (χ4v) is 2.73. The second kappa shape index (κ2) is 6.75. The first-order chi connectivity index (χ1) is 9.28. The number of aliphatic hydroxyl groups is 1. The maximum atomic E-state index is 9.72. The van der Waals surface area contributed by atoms with Crippen molar-refractivity contribution in [1.82, 2.24) is 4.98 Å². The van der Waals surface area contributed by atoms with Crippen LogP contribution in [0.2, 0.25) is 0 Å². The van der Waals surface area contributed by atoms with Gasteiger partial charge in [-0.3, -0.25) is 4.98 Å². The van der Waals surface area contributed by atoms with Crippen LogP contribution >= 0.6 is 0 Å². The molecule has 2 rings (SSSR count). The number of nitrogens with zero attached hydrogens (tertiary/aromatic N) is 1. The zero-order chi connectivity index (χ0) is 13.6. The molecule has 0 amide bonds. The maximum Gasteiger partial charge on any atom is 0.0661 e. The molecule has 1 aliphatic rings. The number of rotatable bonds is 6. The van der Waals surface area contributed by atoms with Crippen molar-refractivity contribution in [3.8, 4) is 0 Å². The molecule has 0 bridgehead atoms. The Morgan fingerprint density at radius 1 is 1.21 bits per heavy atom. The van der Waals surface area contributed by atoms with Crippen molar-refractivity contribution in [2.45, 2.75) is 51.0 Å². The topological polar surface area (TPSA) is 57.2 Å². The van der Waals surface area contributed by atoms with Gasteiger partial charge in [-0.05, 0) is 25.3 Å². The van der Waals surface area contributed by atoms with Gasteiger partial charge in [-0.2, -0.15) is 0 Å². The van der Waals surface area contributed by atoms with Crippen LogP contribution in [0.3, 0.4) is 0 Å². The highest BCUT2D eigenvalue weighted by Gasteiger charge is 2.31. The normalized spacial score (nSPS) is 18.0. The summed E-state index contributed by atoms with van der Waals surface area (Å²) in [5, 5.41) is 16.6. The molecular formula is C15H25N3O. The number of aromatic nitrogens is 1. The van der Waals surface area contributed by atoms with Crippen LogP contribution in [-0.2, 0) is 0 Å². The first kappa shape index (κ1) is 14.1. The van der Waals surface area contributed by atoms with E-state index in [4.69, 9.17) is 0 Å². The van der Waals surface area contributed by atoms with Gasteiger partial charge >= 0.3 is 0 Å². The lowest BCUT2D eigenvalue weighted by atomic mass is 9.82. The monoisotopic (exact) mass is 263 g/mol. The van der Waals surface area contributed by atoms with Crippen LogP contribution in [0.1, 0.15) is 45.4 Å². The number of hydrogen-bond acceptors (Lipinski definition) is 4. The van der Waals surface area contributed by atoms with Gasteiger partial charge < -0.3 is 15.7 Å². The van der Waals surface area contributed by atoms with Crippen molar-refractivity contribution in [3.63, 3.8) is 0 Å². The van der Waals surface area contributed by atoms with Crippen LogP contribution in [-0.4, -0.2) is 28.8 Å². The summed E-state index contributed by atoms with van der Waals surface area (Å²) in [5.41, 5.74) is 1.89. The molecular weight excluding hydrogens is 238 g/mol. The third-order valence-electron chi connectivity index (χ3n) is 3.84. The number of aliphatic hydroxyl groups excluding tert-OH is 1. The van der Waals surface area contributed by atoms with Crippen molar-refractivity contribution in [2.24, 2.45) is 0 Å². The molecule has 1 aromatic rings. The zero-order valence-electron chi connectivity index (χ0n) is 11.8. The third kappa shape index (κ3) is 3.83. The van der Waals surface area contributed by atoms with E-state index in [1.165, 1.54) is 19.3 Å². The molecule has 0 radical (unpaired) electrons. The Balaban J connectivity index is 2.04. The summed E-state index contributed by atoms with van der Waals surface area (Å²) in [4.78, 5) is 4.26. The summed E-state index contributed by atoms with van der Waals surface area (Å²) in [6, 6.07) is 2.08. The molecule has 1 fully saturated rings. The fraction of sp³-hybridized carbons (Fsp3) is 0.667. The molecule has 4 heteroatoms. The second-order valence-electron chi connectivity index (χ2n) is 5.51. The van der Waals surface area contributed by atoms with Crippen molar-refractivity contribution < 1.29 is 5.11 Å². The first-order valence-corrected chi connectivity index (χ1v) is 7.36. The van der Waals surface area contributed by atoms with E-state index in [0.29, 0.717) is 0 Å². The summed E-state index contributed by atoms with van der Waals surface area (Å²) in [6.45, 7) is 3.29. The summed E-state index contributed by atoms with van der Waals surface area (Å²) in [7, 11) is 0. The number of hydrogen-bond donors (Lipinski definition) is 3. The maximum absolute atomic E-state index is 9.72. The van der Waals surface area contributed by atoms with E-state index in [1.54, 1.807) is 0 Å². The molecule has 3 N–H and O–H groups in total. The minimum absolute atomic E-state index is 0.149. The predicted molar refractivity (Wildman–Crippen MR) is 79.5 cm³/mol. The molecule has 1 aromatic heterocycles. The third-order valence-corrected chi connectivity index (χ3v) is 3.84. The lowest BCUT2D eigenvalue weighted by Gasteiger charge is -2.37. The van der Waals surface area contributed by atoms with Gasteiger partial charge in [0.1, 0.15) is 0 Å². The molecule has 0 aliphatic heterocycles. The largest absolute Gasteiger partial charge is 0.394 e. The zero-order valence-corrected chi connectivity index (χ0v) is 11.8. The van der Waals surface area contributed by atoms with Gasteiger partial charge in [0.05, 0.1) is 35.9 Å². The van der Waals surface area contributed by atoms with E-state index < -0.39 is 0 Å². The Morgan fingerprint density at radius 3 is 2.63 bits per heavy atom. The Bertz CT molecular complexity index is 389. The summed E-state index contributed by atoms with van der Waals surface area (Å²) < 4.78 is 0. The number of anilines is 2. The van der Waals surface area contributed by atoms with Gasteiger partial charge in [0.15, 0.2) is 0 Å². The molecule has 0 saturated heterocycles. The Hall–Kier alpha value is -1.29. The van der Waals surface area contributed by atoms with Crippen LogP contribution in [0.25, 0.3) is 0 Å². The second-order valence-corrected chi connectivity index (χ2v) is 5.51. The van der Waals surface area contributed by atoms with Crippen LogP contribution in [0.5, 0.6) is 0 Å². The minimum Gasteiger partial charge on any atom is -0.394 e. The molecule has 1 saturated carbocycles. The van der Waals surface area contributed by atoms with Crippen molar-refractivity contribution in [2.75, 3.05) is 23.8 Å². The summed E-state index contributed by atoms with van der Waals surface area (Å²) in [6.07, 6.45) is 10.5. The van der Waals surface area contributed by atoms with Gasteiger partial charge in [0.25, 0.3) is 0 Å². The molecule has 19 heavy (non-hydrogen) atoms. The molecule has 106 valence electrons. The van der Waals surface area contributed by atoms with Crippen molar-refractivity contribution in [1.29, 1.82) is 0 Å². The van der Waals surface area contributed by atoms with Crippen LogP contribution in [0.4, 0.5) is 11.4 Å². The van der Waals surface area contributed by atoms with E-state index >= 15 is 0 Å². The predicted octanol–water partition coefficient (Wildman–Crippen LogP) is 3.01.